The molecule has 2 saturated carbocycles. The van der Waals surface area contributed by atoms with E-state index in [0.717, 1.165) is 12.5 Å². The lowest BCUT2D eigenvalue weighted by atomic mass is 9.69. The van der Waals surface area contributed by atoms with Gasteiger partial charge in [-0.1, -0.05) is 20.3 Å². The summed E-state index contributed by atoms with van der Waals surface area (Å²) in [5, 5.41) is 10.6. The van der Waals surface area contributed by atoms with Gasteiger partial charge < -0.3 is 10.0 Å². The van der Waals surface area contributed by atoms with Gasteiger partial charge in [-0.05, 0) is 56.8 Å². The van der Waals surface area contributed by atoms with Gasteiger partial charge in [0.15, 0.2) is 0 Å². The van der Waals surface area contributed by atoms with Crippen LogP contribution in [0.2, 0.25) is 0 Å². The molecular weight excluding hydrogens is 222 g/mol. The molecule has 2 nitrogen and oxygen atoms in total. The molecule has 18 heavy (non-hydrogen) atoms. The third-order valence-corrected chi connectivity index (χ3v) is 5.03. The van der Waals surface area contributed by atoms with Gasteiger partial charge in [0, 0.05) is 19.1 Å². The average molecular weight is 253 g/mol. The molecule has 2 atom stereocenters. The molecule has 106 valence electrons. The van der Waals surface area contributed by atoms with Crippen LogP contribution >= 0.6 is 0 Å². The fraction of sp³-hybridized carbons (Fsp3) is 1.00. The SMILES string of the molecule is CC(C)N(CC1CC1)CC1CCCC(C)(C)C1O. The highest BCUT2D eigenvalue weighted by Crippen LogP contribution is 2.40. The van der Waals surface area contributed by atoms with Crippen molar-refractivity contribution in [2.45, 2.75) is 71.9 Å². The molecule has 0 aromatic rings. The smallest absolute Gasteiger partial charge is 0.0631 e. The van der Waals surface area contributed by atoms with E-state index in [1.165, 1.54) is 38.6 Å². The highest BCUT2D eigenvalue weighted by atomic mass is 16.3. The first-order valence-electron chi connectivity index (χ1n) is 7.82. The lowest BCUT2D eigenvalue weighted by Crippen LogP contribution is -2.47. The minimum atomic E-state index is -0.119. The molecule has 0 bridgehead atoms. The third kappa shape index (κ3) is 3.48. The van der Waals surface area contributed by atoms with Crippen molar-refractivity contribution in [3.05, 3.63) is 0 Å². The molecule has 0 spiro atoms. The van der Waals surface area contributed by atoms with Crippen LogP contribution in [0.5, 0.6) is 0 Å². The Kier molecular flexibility index (Phi) is 4.38. The molecule has 0 saturated heterocycles. The van der Waals surface area contributed by atoms with Gasteiger partial charge in [0.2, 0.25) is 0 Å². The minimum Gasteiger partial charge on any atom is -0.392 e. The molecule has 0 aliphatic heterocycles. The average Bonchev–Trinajstić information content (AvgIpc) is 3.07. The van der Waals surface area contributed by atoms with Crippen LogP contribution in [-0.4, -0.2) is 35.2 Å². The maximum atomic E-state index is 10.6. The summed E-state index contributed by atoms with van der Waals surface area (Å²) in [6.45, 7) is 11.4. The Balaban J connectivity index is 1.92. The van der Waals surface area contributed by atoms with E-state index in [-0.39, 0.29) is 11.5 Å². The molecule has 2 rings (SSSR count). The van der Waals surface area contributed by atoms with Crippen LogP contribution in [0.25, 0.3) is 0 Å². The molecule has 2 aliphatic carbocycles. The third-order valence-electron chi connectivity index (χ3n) is 5.03. The van der Waals surface area contributed by atoms with Crippen molar-refractivity contribution in [2.24, 2.45) is 17.3 Å². The van der Waals surface area contributed by atoms with Crippen molar-refractivity contribution in [1.29, 1.82) is 0 Å². The van der Waals surface area contributed by atoms with Crippen molar-refractivity contribution in [2.75, 3.05) is 13.1 Å². The fourth-order valence-corrected chi connectivity index (χ4v) is 3.38. The normalized spacial score (nSPS) is 32.2. The van der Waals surface area contributed by atoms with Gasteiger partial charge in [-0.2, -0.15) is 0 Å². The molecule has 0 amide bonds. The van der Waals surface area contributed by atoms with Crippen LogP contribution in [0, 0.1) is 17.3 Å². The maximum absolute atomic E-state index is 10.6. The quantitative estimate of drug-likeness (QED) is 0.812. The number of nitrogens with zero attached hydrogens (tertiary/aromatic N) is 1. The Morgan fingerprint density at radius 1 is 1.17 bits per heavy atom. The van der Waals surface area contributed by atoms with E-state index in [9.17, 15) is 5.11 Å². The zero-order chi connectivity index (χ0) is 13.3. The van der Waals surface area contributed by atoms with Crippen LogP contribution < -0.4 is 0 Å². The Bertz CT molecular complexity index is 270. The number of hydrogen-bond donors (Lipinski definition) is 1. The van der Waals surface area contributed by atoms with Crippen LogP contribution in [-0.2, 0) is 0 Å². The topological polar surface area (TPSA) is 23.5 Å². The molecule has 0 aromatic heterocycles. The summed E-state index contributed by atoms with van der Waals surface area (Å²) in [6.07, 6.45) is 6.38. The maximum Gasteiger partial charge on any atom is 0.0631 e. The zero-order valence-corrected chi connectivity index (χ0v) is 12.7. The highest BCUT2D eigenvalue weighted by molar-refractivity contribution is 4.90. The highest BCUT2D eigenvalue weighted by Gasteiger charge is 2.39. The van der Waals surface area contributed by atoms with Crippen LogP contribution in [0.3, 0.4) is 0 Å². The molecule has 0 aromatic carbocycles. The predicted molar refractivity (Wildman–Crippen MR) is 76.6 cm³/mol. The summed E-state index contributed by atoms with van der Waals surface area (Å²) in [5.41, 5.74) is 0.116. The second kappa shape index (κ2) is 5.50. The number of aliphatic hydroxyl groups is 1. The Labute approximate surface area is 113 Å². The van der Waals surface area contributed by atoms with Crippen LogP contribution in [0.4, 0.5) is 0 Å². The van der Waals surface area contributed by atoms with Gasteiger partial charge in [0.1, 0.15) is 0 Å². The number of aliphatic hydroxyl groups excluding tert-OH is 1. The molecule has 2 heteroatoms. The molecule has 2 aliphatic rings. The van der Waals surface area contributed by atoms with Gasteiger partial charge in [-0.25, -0.2) is 0 Å². The summed E-state index contributed by atoms with van der Waals surface area (Å²) in [4.78, 5) is 2.60. The first kappa shape index (κ1) is 14.3. The fourth-order valence-electron chi connectivity index (χ4n) is 3.38. The van der Waals surface area contributed by atoms with Gasteiger partial charge >= 0.3 is 0 Å². The van der Waals surface area contributed by atoms with Gasteiger partial charge in [0.25, 0.3) is 0 Å². The predicted octanol–water partition coefficient (Wildman–Crippen LogP) is 3.29. The monoisotopic (exact) mass is 253 g/mol. The summed E-state index contributed by atoms with van der Waals surface area (Å²) in [7, 11) is 0. The van der Waals surface area contributed by atoms with Gasteiger partial charge in [-0.3, -0.25) is 0 Å². The Morgan fingerprint density at radius 2 is 1.83 bits per heavy atom. The van der Waals surface area contributed by atoms with Crippen molar-refractivity contribution < 1.29 is 5.11 Å². The van der Waals surface area contributed by atoms with Crippen LogP contribution in [0.15, 0.2) is 0 Å². The summed E-state index contributed by atoms with van der Waals surface area (Å²) in [6, 6.07) is 0.614. The zero-order valence-electron chi connectivity index (χ0n) is 12.7. The van der Waals surface area contributed by atoms with E-state index < -0.39 is 0 Å². The Hall–Kier alpha value is -0.0800. The lowest BCUT2D eigenvalue weighted by Gasteiger charge is -2.43. The molecular formula is C16H31NO. The second-order valence-corrected chi connectivity index (χ2v) is 7.58. The number of rotatable bonds is 5. The summed E-state index contributed by atoms with van der Waals surface area (Å²) in [5.74, 6) is 1.43. The molecule has 2 unspecified atom stereocenters. The largest absolute Gasteiger partial charge is 0.392 e. The molecule has 0 radical (unpaired) electrons. The van der Waals surface area contributed by atoms with E-state index in [0.29, 0.717) is 12.0 Å². The molecule has 1 N–H and O–H groups in total. The van der Waals surface area contributed by atoms with E-state index in [2.05, 4.69) is 32.6 Å². The van der Waals surface area contributed by atoms with E-state index in [4.69, 9.17) is 0 Å². The van der Waals surface area contributed by atoms with Crippen molar-refractivity contribution in [3.63, 3.8) is 0 Å². The first-order chi connectivity index (χ1) is 8.40. The summed E-state index contributed by atoms with van der Waals surface area (Å²) >= 11 is 0. The lowest BCUT2D eigenvalue weighted by molar-refractivity contribution is -0.0460. The minimum absolute atomic E-state index is 0.116. The first-order valence-corrected chi connectivity index (χ1v) is 7.82. The van der Waals surface area contributed by atoms with Crippen molar-refractivity contribution in [3.8, 4) is 0 Å². The van der Waals surface area contributed by atoms with Crippen LogP contribution in [0.1, 0.15) is 59.8 Å². The molecule has 2 fully saturated rings. The van der Waals surface area contributed by atoms with Gasteiger partial charge in [-0.15, -0.1) is 0 Å². The standard InChI is InChI=1S/C16H31NO/c1-12(2)17(10-13-7-8-13)11-14-6-5-9-16(3,4)15(14)18/h12-15,18H,5-11H2,1-4H3. The van der Waals surface area contributed by atoms with Crippen molar-refractivity contribution in [1.82, 2.24) is 4.90 Å². The second-order valence-electron chi connectivity index (χ2n) is 7.58. The number of hydrogen-bond acceptors (Lipinski definition) is 2. The van der Waals surface area contributed by atoms with Crippen molar-refractivity contribution >= 4 is 0 Å². The molecule has 0 heterocycles. The van der Waals surface area contributed by atoms with E-state index >= 15 is 0 Å². The Morgan fingerprint density at radius 3 is 2.39 bits per heavy atom. The van der Waals surface area contributed by atoms with Gasteiger partial charge in [0.05, 0.1) is 6.10 Å². The van der Waals surface area contributed by atoms with E-state index in [1.807, 2.05) is 0 Å². The summed E-state index contributed by atoms with van der Waals surface area (Å²) < 4.78 is 0. The van der Waals surface area contributed by atoms with E-state index in [1.54, 1.807) is 0 Å².